The lowest BCUT2D eigenvalue weighted by molar-refractivity contribution is -0.145. The molecular weight excluding hydrogens is 279 g/mol. The normalized spacial score (nSPS) is 10.0. The first kappa shape index (κ1) is 16.6. The molecule has 0 N–H and O–H groups in total. The third-order valence-corrected chi connectivity index (χ3v) is 2.73. The Bertz CT molecular complexity index is 551. The number of halogens is 1. The largest absolute Gasteiger partial charge is 0.468 e. The van der Waals surface area contributed by atoms with E-state index in [0.29, 0.717) is 5.56 Å². The van der Waals surface area contributed by atoms with Crippen molar-refractivity contribution in [3.8, 4) is 6.07 Å². The van der Waals surface area contributed by atoms with Crippen molar-refractivity contribution in [1.29, 1.82) is 5.26 Å². The Kier molecular flexibility index (Phi) is 6.30. The van der Waals surface area contributed by atoms with Gasteiger partial charge < -0.3 is 9.47 Å². The van der Waals surface area contributed by atoms with Crippen molar-refractivity contribution in [2.24, 2.45) is 0 Å². The first-order valence-electron chi connectivity index (χ1n) is 6.04. The molecule has 0 atom stereocenters. The fourth-order valence-corrected chi connectivity index (χ4v) is 1.67. The van der Waals surface area contributed by atoms with Crippen molar-refractivity contribution in [3.05, 3.63) is 35.1 Å². The standard InChI is InChI=1S/C14H15FN2O4/c1-20-13(18)8-17(9-14(19)21-2)7-11-5-10(6-16)3-4-12(11)15/h3-5H,7-9H2,1-2H3. The van der Waals surface area contributed by atoms with Gasteiger partial charge >= 0.3 is 11.9 Å². The van der Waals surface area contributed by atoms with Gasteiger partial charge in [-0.05, 0) is 18.2 Å². The van der Waals surface area contributed by atoms with Crippen LogP contribution in [0.25, 0.3) is 0 Å². The number of hydrogen-bond acceptors (Lipinski definition) is 6. The molecule has 0 amide bonds. The van der Waals surface area contributed by atoms with Gasteiger partial charge in [-0.2, -0.15) is 5.26 Å². The maximum Gasteiger partial charge on any atom is 0.319 e. The highest BCUT2D eigenvalue weighted by Crippen LogP contribution is 2.13. The molecule has 6 nitrogen and oxygen atoms in total. The summed E-state index contributed by atoms with van der Waals surface area (Å²) in [6.45, 7) is -0.408. The minimum absolute atomic E-state index is 0.0223. The Morgan fingerprint density at radius 1 is 1.24 bits per heavy atom. The zero-order chi connectivity index (χ0) is 15.8. The molecule has 0 bridgehead atoms. The fraction of sp³-hybridized carbons (Fsp3) is 0.357. The topological polar surface area (TPSA) is 79.6 Å². The molecule has 1 aromatic carbocycles. The van der Waals surface area contributed by atoms with Gasteiger partial charge in [0.1, 0.15) is 5.82 Å². The number of carbonyl (C=O) groups is 2. The number of methoxy groups -OCH3 is 2. The summed E-state index contributed by atoms with van der Waals surface area (Å²) in [7, 11) is 2.44. The van der Waals surface area contributed by atoms with E-state index in [1.807, 2.05) is 6.07 Å². The number of esters is 2. The van der Waals surface area contributed by atoms with Crippen molar-refractivity contribution in [1.82, 2.24) is 4.90 Å². The number of nitriles is 1. The monoisotopic (exact) mass is 294 g/mol. The first-order valence-corrected chi connectivity index (χ1v) is 6.04. The van der Waals surface area contributed by atoms with Gasteiger partial charge in [-0.3, -0.25) is 14.5 Å². The average molecular weight is 294 g/mol. The van der Waals surface area contributed by atoms with E-state index in [-0.39, 0.29) is 25.2 Å². The van der Waals surface area contributed by atoms with Crippen LogP contribution in [0, 0.1) is 17.1 Å². The summed E-state index contributed by atoms with van der Waals surface area (Å²) in [6, 6.07) is 5.80. The van der Waals surface area contributed by atoms with Crippen LogP contribution >= 0.6 is 0 Å². The fourth-order valence-electron chi connectivity index (χ4n) is 1.67. The molecule has 0 fully saturated rings. The lowest BCUT2D eigenvalue weighted by Gasteiger charge is -2.20. The van der Waals surface area contributed by atoms with Gasteiger partial charge in [0.2, 0.25) is 0 Å². The van der Waals surface area contributed by atoms with Crippen LogP contribution in [-0.2, 0) is 25.6 Å². The predicted molar refractivity (Wildman–Crippen MR) is 70.4 cm³/mol. The predicted octanol–water partition coefficient (Wildman–Crippen LogP) is 0.845. The van der Waals surface area contributed by atoms with Gasteiger partial charge in [0.05, 0.1) is 38.9 Å². The minimum Gasteiger partial charge on any atom is -0.468 e. The molecule has 0 radical (unpaired) electrons. The summed E-state index contributed by atoms with van der Waals surface area (Å²) < 4.78 is 22.8. The summed E-state index contributed by atoms with van der Waals surface area (Å²) in [6.07, 6.45) is 0. The third kappa shape index (κ3) is 5.20. The molecule has 0 aliphatic heterocycles. The molecule has 0 aromatic heterocycles. The maximum absolute atomic E-state index is 13.7. The van der Waals surface area contributed by atoms with E-state index in [1.54, 1.807) is 0 Å². The van der Waals surface area contributed by atoms with E-state index in [1.165, 1.54) is 37.3 Å². The summed E-state index contributed by atoms with van der Waals surface area (Å²) in [4.78, 5) is 24.0. The van der Waals surface area contributed by atoms with E-state index in [9.17, 15) is 14.0 Å². The summed E-state index contributed by atoms with van der Waals surface area (Å²) in [5.41, 5.74) is 0.504. The van der Waals surface area contributed by atoms with Gasteiger partial charge in [-0.25, -0.2) is 4.39 Å². The number of benzene rings is 1. The van der Waals surface area contributed by atoms with E-state index in [4.69, 9.17) is 5.26 Å². The number of ether oxygens (including phenoxy) is 2. The van der Waals surface area contributed by atoms with E-state index in [0.717, 1.165) is 0 Å². The zero-order valence-corrected chi connectivity index (χ0v) is 11.8. The first-order chi connectivity index (χ1) is 9.99. The van der Waals surface area contributed by atoms with Crippen LogP contribution in [0.4, 0.5) is 4.39 Å². The highest BCUT2D eigenvalue weighted by Gasteiger charge is 2.17. The van der Waals surface area contributed by atoms with Gasteiger partial charge in [-0.15, -0.1) is 0 Å². The molecule has 21 heavy (non-hydrogen) atoms. The molecule has 0 saturated heterocycles. The lowest BCUT2D eigenvalue weighted by Crippen LogP contribution is -2.35. The minimum atomic E-state index is -0.559. The van der Waals surface area contributed by atoms with Crippen molar-refractivity contribution < 1.29 is 23.5 Å². The molecule has 7 heteroatoms. The molecule has 0 spiro atoms. The van der Waals surface area contributed by atoms with Crippen molar-refractivity contribution >= 4 is 11.9 Å². The Morgan fingerprint density at radius 2 is 1.81 bits per heavy atom. The third-order valence-electron chi connectivity index (χ3n) is 2.73. The lowest BCUT2D eigenvalue weighted by atomic mass is 10.1. The Labute approximate surface area is 121 Å². The Balaban J connectivity index is 2.91. The number of rotatable bonds is 6. The zero-order valence-electron chi connectivity index (χ0n) is 11.8. The molecule has 1 rings (SSSR count). The molecule has 0 saturated carbocycles. The molecular formula is C14H15FN2O4. The summed E-state index contributed by atoms with van der Waals surface area (Å²) >= 11 is 0. The van der Waals surface area contributed by atoms with Crippen molar-refractivity contribution in [2.75, 3.05) is 27.3 Å². The molecule has 0 unspecified atom stereocenters. The molecule has 0 aliphatic rings. The van der Waals surface area contributed by atoms with E-state index < -0.39 is 17.8 Å². The Morgan fingerprint density at radius 3 is 2.29 bits per heavy atom. The van der Waals surface area contributed by atoms with Gasteiger partial charge in [0, 0.05) is 12.1 Å². The molecule has 112 valence electrons. The van der Waals surface area contributed by atoms with Gasteiger partial charge in [-0.1, -0.05) is 0 Å². The van der Waals surface area contributed by atoms with Gasteiger partial charge in [0.25, 0.3) is 0 Å². The van der Waals surface area contributed by atoms with Crippen LogP contribution in [0.1, 0.15) is 11.1 Å². The average Bonchev–Trinajstić information content (AvgIpc) is 2.48. The molecule has 0 heterocycles. The maximum atomic E-state index is 13.7. The van der Waals surface area contributed by atoms with Crippen LogP contribution in [0.15, 0.2) is 18.2 Å². The second-order valence-corrected chi connectivity index (χ2v) is 4.22. The van der Waals surface area contributed by atoms with E-state index >= 15 is 0 Å². The molecule has 1 aromatic rings. The molecule has 0 aliphatic carbocycles. The number of nitrogens with zero attached hydrogens (tertiary/aromatic N) is 2. The Hall–Kier alpha value is -2.46. The highest BCUT2D eigenvalue weighted by atomic mass is 19.1. The highest BCUT2D eigenvalue weighted by molar-refractivity contribution is 5.74. The summed E-state index contributed by atoms with van der Waals surface area (Å²) in [5, 5.41) is 8.82. The number of carbonyl (C=O) groups excluding carboxylic acids is 2. The van der Waals surface area contributed by atoms with Crippen LogP contribution < -0.4 is 0 Å². The second-order valence-electron chi connectivity index (χ2n) is 4.22. The van der Waals surface area contributed by atoms with Crippen LogP contribution in [0.2, 0.25) is 0 Å². The van der Waals surface area contributed by atoms with Crippen LogP contribution in [-0.4, -0.2) is 44.1 Å². The number of hydrogen-bond donors (Lipinski definition) is 0. The van der Waals surface area contributed by atoms with Crippen LogP contribution in [0.3, 0.4) is 0 Å². The van der Waals surface area contributed by atoms with Crippen molar-refractivity contribution in [3.63, 3.8) is 0 Å². The smallest absolute Gasteiger partial charge is 0.319 e. The quantitative estimate of drug-likeness (QED) is 0.724. The van der Waals surface area contributed by atoms with Crippen molar-refractivity contribution in [2.45, 2.75) is 6.54 Å². The van der Waals surface area contributed by atoms with Crippen LogP contribution in [0.5, 0.6) is 0 Å². The van der Waals surface area contributed by atoms with E-state index in [2.05, 4.69) is 9.47 Å². The SMILES string of the molecule is COC(=O)CN(CC(=O)OC)Cc1cc(C#N)ccc1F. The van der Waals surface area contributed by atoms with Gasteiger partial charge in [0.15, 0.2) is 0 Å². The summed E-state index contributed by atoms with van der Waals surface area (Å²) in [5.74, 6) is -1.64. The second kappa shape index (κ2) is 7.97.